The second kappa shape index (κ2) is 21.3. The van der Waals surface area contributed by atoms with Crippen LogP contribution in [-0.2, 0) is 56.9 Å². The van der Waals surface area contributed by atoms with E-state index >= 15 is 0 Å². The predicted molar refractivity (Wildman–Crippen MR) is 267 cm³/mol. The van der Waals surface area contributed by atoms with E-state index in [2.05, 4.69) is 20.8 Å². The summed E-state index contributed by atoms with van der Waals surface area (Å²) in [6.45, 7) is 12.8. The van der Waals surface area contributed by atoms with E-state index in [1.165, 1.54) is 14.0 Å². The van der Waals surface area contributed by atoms with E-state index in [0.29, 0.717) is 38.7 Å². The molecule has 5 aliphatic carbocycles. The predicted octanol–water partition coefficient (Wildman–Crippen LogP) is -1.91. The smallest absolute Gasteiger partial charge is 0.202 e. The van der Waals surface area contributed by atoms with Gasteiger partial charge in [0.1, 0.15) is 97.8 Å². The first-order valence-corrected chi connectivity index (χ1v) is 28.5. The minimum absolute atomic E-state index is 0.000486. The zero-order valence-corrected chi connectivity index (χ0v) is 46.9. The Kier molecular flexibility index (Phi) is 16.4. The summed E-state index contributed by atoms with van der Waals surface area (Å²) in [6.07, 6.45) is -27.3. The maximum absolute atomic E-state index is 12.7. The van der Waals surface area contributed by atoms with Crippen LogP contribution in [0.4, 0.5) is 0 Å². The second-order valence-corrected chi connectivity index (χ2v) is 26.9. The Bertz CT molecular complexity index is 2180. The molecule has 0 aromatic heterocycles. The number of aldehydes is 1. The molecular formula is C55H90O24. The molecule has 0 aromatic rings. The van der Waals surface area contributed by atoms with Gasteiger partial charge < -0.3 is 118 Å². The number of hydrogen-bond donors (Lipinski definition) is 12. The van der Waals surface area contributed by atoms with Gasteiger partial charge in [0.2, 0.25) is 5.79 Å². The summed E-state index contributed by atoms with van der Waals surface area (Å²) in [4.78, 5) is 12.7. The number of fused-ring (bicyclic) bond motifs is 4. The summed E-state index contributed by atoms with van der Waals surface area (Å²) in [5.74, 6) is -1.85. The fourth-order valence-electron chi connectivity index (χ4n) is 18.3. The SMILES string of the molecule is COC1C[C@@]2(C)C(CC[C@]3(C)[C@@H]2CCC24OCC5(CC[C@@](C)(C=O)CC52)[C@H](O)C[C@]43C)C(C)(C)[C@@]1(OC)O[C@@H]1OC[C@H](O[C@@H]2O[C@@H](C)[C@H](O)[C@@H](O)[C@H]2O)[C@H](O[C@H]2O[C@H](CO)[C@@H](O)[C@H](O)[C@H]2O)[C@H]1O[C@@H]1O[C@H](CO)[C@@H](O)[C@H](O)[C@H]1O. The standard InChI is InChI=1S/C55H90O24/c1-24-33(60)36(63)39(66)44(73-24)76-27-21-71-47(43(78-46-41(68)38(65)35(62)26(20-57)75-46)42(27)77-45-40(67)37(64)34(61)25(19-56)74-45)79-55(70-9)32(69-8)18-50(5)28(48(55,2)3)10-12-51(6)29(50)11-13-54-30-16-49(4,22-58)14-15-53(30,23-72-54)31(59)17-52(51,54)7/h22,24-47,56-57,59-68H,10-21,23H2,1-9H3/t24-,25+,26+,27-,28?,29+,30?,31+,32?,33-,34+,35+,36+,37-,38-,39+,40+,41+,42-,43+,44-,45+,46-,47-,49+,50-,51+,52-,53?,54?,55-/m0/s1. The van der Waals surface area contributed by atoms with Crippen molar-refractivity contribution >= 4 is 6.29 Å². The molecule has 5 saturated carbocycles. The molecule has 5 saturated heterocycles. The van der Waals surface area contributed by atoms with E-state index in [0.717, 1.165) is 32.0 Å². The largest absolute Gasteiger partial charge is 0.394 e. The molecule has 5 heterocycles. The first-order chi connectivity index (χ1) is 37.1. The monoisotopic (exact) mass is 1130 g/mol. The van der Waals surface area contributed by atoms with Crippen LogP contribution in [0.25, 0.3) is 0 Å². The molecule has 10 fully saturated rings. The Morgan fingerprint density at radius 2 is 1.16 bits per heavy atom. The number of aliphatic hydroxyl groups excluding tert-OH is 12. The van der Waals surface area contributed by atoms with Crippen LogP contribution in [0.2, 0.25) is 0 Å². The van der Waals surface area contributed by atoms with E-state index in [4.69, 9.17) is 52.1 Å². The average molecular weight is 1140 g/mol. The van der Waals surface area contributed by atoms with Crippen LogP contribution in [0.1, 0.15) is 106 Å². The van der Waals surface area contributed by atoms with Crippen LogP contribution in [-0.4, -0.2) is 249 Å². The van der Waals surface area contributed by atoms with E-state index in [9.17, 15) is 66.1 Å². The zero-order chi connectivity index (χ0) is 57.5. The Balaban J connectivity index is 1.02. The van der Waals surface area contributed by atoms with Gasteiger partial charge in [0.05, 0.1) is 44.2 Å². The molecule has 12 N–H and O–H groups in total. The zero-order valence-electron chi connectivity index (χ0n) is 46.9. The van der Waals surface area contributed by atoms with E-state index < -0.39 is 187 Å². The molecule has 10 aliphatic rings. The molecule has 10 rings (SSSR count). The third-order valence-corrected chi connectivity index (χ3v) is 23.0. The molecule has 0 radical (unpaired) electrons. The maximum Gasteiger partial charge on any atom is 0.202 e. The topological polar surface area (TPSA) is 361 Å². The molecule has 5 aliphatic heterocycles. The second-order valence-electron chi connectivity index (χ2n) is 26.9. The Morgan fingerprint density at radius 3 is 1.73 bits per heavy atom. The summed E-state index contributed by atoms with van der Waals surface area (Å²) in [5, 5.41) is 132. The van der Waals surface area contributed by atoms with Crippen molar-refractivity contribution in [3.63, 3.8) is 0 Å². The molecule has 24 heteroatoms. The molecule has 31 atom stereocenters. The van der Waals surface area contributed by atoms with Crippen LogP contribution in [0.15, 0.2) is 0 Å². The van der Waals surface area contributed by atoms with Crippen molar-refractivity contribution in [3.8, 4) is 0 Å². The van der Waals surface area contributed by atoms with Gasteiger partial charge in [0.25, 0.3) is 0 Å². The molecule has 24 nitrogen and oxygen atoms in total. The van der Waals surface area contributed by atoms with Crippen molar-refractivity contribution in [2.75, 3.05) is 40.6 Å². The van der Waals surface area contributed by atoms with Crippen molar-refractivity contribution in [1.29, 1.82) is 0 Å². The van der Waals surface area contributed by atoms with E-state index in [1.54, 1.807) is 7.11 Å². The minimum atomic E-state index is -2.01. The molecule has 0 amide bonds. The Hall–Kier alpha value is -1.25. The molecule has 2 bridgehead atoms. The third kappa shape index (κ3) is 8.80. The first-order valence-electron chi connectivity index (χ1n) is 28.5. The molecule has 0 aromatic carbocycles. The van der Waals surface area contributed by atoms with Crippen LogP contribution in [0, 0.1) is 50.2 Å². The van der Waals surface area contributed by atoms with Crippen molar-refractivity contribution < 1.29 is 118 Å². The number of aliphatic hydroxyl groups is 12. The lowest BCUT2D eigenvalue weighted by atomic mass is 9.30. The van der Waals surface area contributed by atoms with Crippen LogP contribution < -0.4 is 0 Å². The number of rotatable bonds is 13. The van der Waals surface area contributed by atoms with E-state index in [1.807, 2.05) is 20.8 Å². The number of ether oxygens (including phenoxy) is 11. The minimum Gasteiger partial charge on any atom is -0.394 e. The summed E-state index contributed by atoms with van der Waals surface area (Å²) in [7, 11) is 3.03. The summed E-state index contributed by atoms with van der Waals surface area (Å²) in [6, 6.07) is 0. The lowest BCUT2D eigenvalue weighted by Crippen LogP contribution is -2.76. The van der Waals surface area contributed by atoms with Gasteiger partial charge in [-0.05, 0) is 93.3 Å². The highest BCUT2D eigenvalue weighted by Crippen LogP contribution is 2.81. The normalized spacial score (nSPS) is 58.0. The van der Waals surface area contributed by atoms with Gasteiger partial charge in [-0.2, -0.15) is 0 Å². The quantitative estimate of drug-likeness (QED) is 0.0544. The summed E-state index contributed by atoms with van der Waals surface area (Å²) < 4.78 is 71.4. The highest BCUT2D eigenvalue weighted by atomic mass is 16.8. The lowest BCUT2D eigenvalue weighted by molar-refractivity contribution is -0.450. The van der Waals surface area contributed by atoms with Gasteiger partial charge in [0, 0.05) is 35.9 Å². The number of hydrogen-bond acceptors (Lipinski definition) is 24. The molecule has 1 spiro atoms. The van der Waals surface area contributed by atoms with Gasteiger partial charge in [0.15, 0.2) is 25.2 Å². The maximum atomic E-state index is 12.7. The summed E-state index contributed by atoms with van der Waals surface area (Å²) in [5.41, 5.74) is -3.82. The fraction of sp³-hybridized carbons (Fsp3) is 0.982. The lowest BCUT2D eigenvalue weighted by Gasteiger charge is -2.76. The van der Waals surface area contributed by atoms with Gasteiger partial charge in [-0.3, -0.25) is 0 Å². The molecular weight excluding hydrogens is 1040 g/mol. The van der Waals surface area contributed by atoms with Gasteiger partial charge in [-0.15, -0.1) is 0 Å². The van der Waals surface area contributed by atoms with Crippen LogP contribution >= 0.6 is 0 Å². The highest BCUT2D eigenvalue weighted by molar-refractivity contribution is 5.59. The van der Waals surface area contributed by atoms with Crippen LogP contribution in [0.5, 0.6) is 0 Å². The van der Waals surface area contributed by atoms with Crippen LogP contribution in [0.3, 0.4) is 0 Å². The van der Waals surface area contributed by atoms with Crippen molar-refractivity contribution in [2.45, 2.75) is 247 Å². The number of methoxy groups -OCH3 is 2. The van der Waals surface area contributed by atoms with Crippen molar-refractivity contribution in [3.05, 3.63) is 0 Å². The molecule has 5 unspecified atom stereocenters. The molecule has 79 heavy (non-hydrogen) atoms. The Morgan fingerprint density at radius 1 is 0.595 bits per heavy atom. The fourth-order valence-corrected chi connectivity index (χ4v) is 18.3. The Labute approximate surface area is 460 Å². The molecule has 454 valence electrons. The number of carbonyl (C=O) groups is 1. The van der Waals surface area contributed by atoms with Crippen molar-refractivity contribution in [2.24, 2.45) is 50.2 Å². The summed E-state index contributed by atoms with van der Waals surface area (Å²) >= 11 is 0. The third-order valence-electron chi connectivity index (χ3n) is 23.0. The van der Waals surface area contributed by atoms with Gasteiger partial charge in [-0.25, -0.2) is 0 Å². The van der Waals surface area contributed by atoms with E-state index in [-0.39, 0.29) is 23.2 Å². The van der Waals surface area contributed by atoms with Gasteiger partial charge in [-0.1, -0.05) is 41.5 Å². The number of carbonyl (C=O) groups excluding carboxylic acids is 1. The highest BCUT2D eigenvalue weighted by Gasteiger charge is 2.81. The van der Waals surface area contributed by atoms with Crippen molar-refractivity contribution in [1.82, 2.24) is 0 Å². The van der Waals surface area contributed by atoms with Gasteiger partial charge >= 0.3 is 0 Å². The average Bonchev–Trinajstić information content (AvgIpc) is 3.30. The first kappa shape index (κ1) is 60.9.